The summed E-state index contributed by atoms with van der Waals surface area (Å²) in [6.45, 7) is 8.12. The van der Waals surface area contributed by atoms with Gasteiger partial charge in [-0.15, -0.1) is 0 Å². The molecular weight excluding hydrogens is 354 g/mol. The van der Waals surface area contributed by atoms with Crippen LogP contribution in [-0.4, -0.2) is 48.1 Å². The second-order valence-corrected chi connectivity index (χ2v) is 6.93. The lowest BCUT2D eigenvalue weighted by Crippen LogP contribution is -2.45. The van der Waals surface area contributed by atoms with E-state index >= 15 is 0 Å². The van der Waals surface area contributed by atoms with Crippen molar-refractivity contribution in [2.75, 3.05) is 43.4 Å². The smallest absolute Gasteiger partial charge is 0.227 e. The van der Waals surface area contributed by atoms with Crippen LogP contribution >= 0.6 is 15.9 Å². The molecule has 1 aromatic heterocycles. The molecule has 1 N–H and O–H groups in total. The molecule has 0 aliphatic carbocycles. The molecule has 0 saturated carbocycles. The third kappa shape index (κ3) is 4.00. The highest BCUT2D eigenvalue weighted by molar-refractivity contribution is 9.10. The molecule has 6 heteroatoms. The number of rotatable bonds is 3. The zero-order valence-corrected chi connectivity index (χ0v) is 15.4. The number of aromatic nitrogens is 2. The van der Waals surface area contributed by atoms with Gasteiger partial charge in [0, 0.05) is 48.1 Å². The number of aryl methyl sites for hydroxylation is 2. The van der Waals surface area contributed by atoms with Crippen molar-refractivity contribution in [2.24, 2.45) is 0 Å². The lowest BCUT2D eigenvalue weighted by Gasteiger charge is -2.32. The summed E-state index contributed by atoms with van der Waals surface area (Å²) in [5.41, 5.74) is 3.21. The molecule has 1 fully saturated rings. The molecule has 0 atom stereocenters. The van der Waals surface area contributed by atoms with Gasteiger partial charge in [-0.3, -0.25) is 0 Å². The van der Waals surface area contributed by atoms with E-state index in [9.17, 15) is 0 Å². The highest BCUT2D eigenvalue weighted by Crippen LogP contribution is 2.24. The van der Waals surface area contributed by atoms with E-state index in [1.165, 1.54) is 5.56 Å². The first-order valence-corrected chi connectivity index (χ1v) is 8.63. The van der Waals surface area contributed by atoms with Gasteiger partial charge in [-0.25, -0.2) is 4.98 Å². The molecule has 23 heavy (non-hydrogen) atoms. The fraction of sp³-hybridized carbons (Fsp3) is 0.412. The number of piperazine rings is 1. The third-order valence-electron chi connectivity index (χ3n) is 4.07. The summed E-state index contributed by atoms with van der Waals surface area (Å²) >= 11 is 3.57. The Bertz CT molecular complexity index is 695. The number of likely N-dealkylation sites (N-methyl/N-ethyl adjacent to an activating group) is 1. The van der Waals surface area contributed by atoms with Crippen molar-refractivity contribution in [1.82, 2.24) is 14.9 Å². The van der Waals surface area contributed by atoms with E-state index < -0.39 is 0 Å². The second kappa shape index (κ2) is 6.84. The minimum Gasteiger partial charge on any atom is -0.340 e. The number of benzene rings is 1. The fourth-order valence-electron chi connectivity index (χ4n) is 2.58. The molecule has 0 unspecified atom stereocenters. The number of hydrogen-bond acceptors (Lipinski definition) is 5. The van der Waals surface area contributed by atoms with Crippen molar-refractivity contribution in [3.05, 3.63) is 40.0 Å². The van der Waals surface area contributed by atoms with Gasteiger partial charge < -0.3 is 15.1 Å². The van der Waals surface area contributed by atoms with Crippen LogP contribution in [0.25, 0.3) is 0 Å². The Hall–Kier alpha value is -1.66. The molecule has 122 valence electrons. The SMILES string of the molecule is Cc1cc(Nc2ccc(C)c(Br)c2)nc(N2CCN(C)CC2)n1. The minimum absolute atomic E-state index is 0.812. The quantitative estimate of drug-likeness (QED) is 0.890. The summed E-state index contributed by atoms with van der Waals surface area (Å²) in [4.78, 5) is 13.9. The molecule has 0 bridgehead atoms. The number of nitrogens with one attached hydrogen (secondary N) is 1. The van der Waals surface area contributed by atoms with Gasteiger partial charge in [-0.05, 0) is 38.6 Å². The Balaban J connectivity index is 1.81. The van der Waals surface area contributed by atoms with Crippen molar-refractivity contribution in [3.8, 4) is 0 Å². The Morgan fingerprint density at radius 1 is 1.04 bits per heavy atom. The van der Waals surface area contributed by atoms with Crippen LogP contribution in [0.5, 0.6) is 0 Å². The third-order valence-corrected chi connectivity index (χ3v) is 4.93. The Morgan fingerprint density at radius 2 is 1.78 bits per heavy atom. The average molecular weight is 376 g/mol. The van der Waals surface area contributed by atoms with Crippen LogP contribution in [0.2, 0.25) is 0 Å². The normalized spacial score (nSPS) is 15.7. The van der Waals surface area contributed by atoms with E-state index in [-0.39, 0.29) is 0 Å². The summed E-state index contributed by atoms with van der Waals surface area (Å²) in [5, 5.41) is 3.38. The Morgan fingerprint density at radius 3 is 2.48 bits per heavy atom. The first-order chi connectivity index (χ1) is 11.0. The van der Waals surface area contributed by atoms with Gasteiger partial charge in [0.1, 0.15) is 5.82 Å². The minimum atomic E-state index is 0.812. The van der Waals surface area contributed by atoms with Crippen molar-refractivity contribution >= 4 is 33.4 Å². The Kier molecular flexibility index (Phi) is 4.82. The van der Waals surface area contributed by atoms with Crippen LogP contribution < -0.4 is 10.2 Å². The lowest BCUT2D eigenvalue weighted by molar-refractivity contribution is 0.311. The largest absolute Gasteiger partial charge is 0.340 e. The summed E-state index contributed by atoms with van der Waals surface area (Å²) in [5.74, 6) is 1.65. The van der Waals surface area contributed by atoms with Gasteiger partial charge in [-0.2, -0.15) is 4.98 Å². The number of nitrogens with zero attached hydrogens (tertiary/aromatic N) is 4. The number of halogens is 1. The molecule has 1 aliphatic rings. The molecule has 5 nitrogen and oxygen atoms in total. The van der Waals surface area contributed by atoms with Crippen LogP contribution in [0.3, 0.4) is 0 Å². The molecule has 2 aromatic rings. The van der Waals surface area contributed by atoms with E-state index in [0.717, 1.165) is 53.8 Å². The fourth-order valence-corrected chi connectivity index (χ4v) is 2.96. The topological polar surface area (TPSA) is 44.3 Å². The van der Waals surface area contributed by atoms with Crippen LogP contribution in [0.4, 0.5) is 17.5 Å². The van der Waals surface area contributed by atoms with Crippen molar-refractivity contribution in [3.63, 3.8) is 0 Å². The molecule has 1 aliphatic heterocycles. The first-order valence-electron chi connectivity index (χ1n) is 7.83. The maximum Gasteiger partial charge on any atom is 0.227 e. The van der Waals surface area contributed by atoms with Crippen LogP contribution in [0.15, 0.2) is 28.7 Å². The van der Waals surface area contributed by atoms with Gasteiger partial charge in [0.05, 0.1) is 0 Å². The highest BCUT2D eigenvalue weighted by Gasteiger charge is 2.17. The molecule has 0 radical (unpaired) electrons. The summed E-state index contributed by atoms with van der Waals surface area (Å²) < 4.78 is 1.09. The van der Waals surface area contributed by atoms with E-state index in [1.807, 2.05) is 13.0 Å². The predicted molar refractivity (Wildman–Crippen MR) is 98.6 cm³/mol. The average Bonchev–Trinajstić information content (AvgIpc) is 2.51. The zero-order valence-electron chi connectivity index (χ0n) is 13.8. The summed E-state index contributed by atoms with van der Waals surface area (Å²) in [6, 6.07) is 8.20. The standard InChI is InChI=1S/C17H22BrN5/c1-12-4-5-14(11-15(12)18)20-16-10-13(2)19-17(21-16)23-8-6-22(3)7-9-23/h4-5,10-11H,6-9H2,1-3H3,(H,19,20,21). The Labute approximate surface area is 145 Å². The van der Waals surface area contributed by atoms with E-state index in [1.54, 1.807) is 0 Å². The van der Waals surface area contributed by atoms with Crippen LogP contribution in [0, 0.1) is 13.8 Å². The van der Waals surface area contributed by atoms with Gasteiger partial charge in [0.25, 0.3) is 0 Å². The van der Waals surface area contributed by atoms with Gasteiger partial charge in [0.2, 0.25) is 5.95 Å². The van der Waals surface area contributed by atoms with Crippen molar-refractivity contribution < 1.29 is 0 Å². The summed E-state index contributed by atoms with van der Waals surface area (Å²) in [7, 11) is 2.15. The predicted octanol–water partition coefficient (Wildman–Crippen LogP) is 3.35. The first kappa shape index (κ1) is 16.2. The zero-order chi connectivity index (χ0) is 16.4. The monoisotopic (exact) mass is 375 g/mol. The van der Waals surface area contributed by atoms with E-state index in [0.29, 0.717) is 0 Å². The molecule has 3 rings (SSSR count). The van der Waals surface area contributed by atoms with E-state index in [4.69, 9.17) is 4.98 Å². The lowest BCUT2D eigenvalue weighted by atomic mass is 10.2. The number of hydrogen-bond donors (Lipinski definition) is 1. The van der Waals surface area contributed by atoms with Crippen LogP contribution in [0.1, 0.15) is 11.3 Å². The van der Waals surface area contributed by atoms with Crippen molar-refractivity contribution in [1.29, 1.82) is 0 Å². The molecular formula is C17H22BrN5. The van der Waals surface area contributed by atoms with E-state index in [2.05, 4.69) is 68.2 Å². The van der Waals surface area contributed by atoms with Crippen molar-refractivity contribution in [2.45, 2.75) is 13.8 Å². The maximum atomic E-state index is 4.70. The highest BCUT2D eigenvalue weighted by atomic mass is 79.9. The molecule has 0 amide bonds. The maximum absolute atomic E-state index is 4.70. The molecule has 2 heterocycles. The van der Waals surface area contributed by atoms with Gasteiger partial charge >= 0.3 is 0 Å². The van der Waals surface area contributed by atoms with Crippen LogP contribution in [-0.2, 0) is 0 Å². The summed E-state index contributed by atoms with van der Waals surface area (Å²) in [6.07, 6.45) is 0. The second-order valence-electron chi connectivity index (χ2n) is 6.07. The number of anilines is 3. The molecule has 1 saturated heterocycles. The van der Waals surface area contributed by atoms with Gasteiger partial charge in [0.15, 0.2) is 0 Å². The molecule has 1 aromatic carbocycles. The van der Waals surface area contributed by atoms with Gasteiger partial charge in [-0.1, -0.05) is 22.0 Å². The molecule has 0 spiro atoms.